The van der Waals surface area contributed by atoms with Crippen molar-refractivity contribution in [3.8, 4) is 17.2 Å². The number of methoxy groups -OCH3 is 4. The summed E-state index contributed by atoms with van der Waals surface area (Å²) in [6, 6.07) is 10.3. The van der Waals surface area contributed by atoms with Crippen LogP contribution in [0.4, 0.5) is 5.69 Å². The zero-order chi connectivity index (χ0) is 22.7. The average molecular weight is 444 g/mol. The number of nitrogens with zero attached hydrogens (tertiary/aromatic N) is 1. The van der Waals surface area contributed by atoms with E-state index in [0.717, 1.165) is 0 Å². The zero-order valence-corrected chi connectivity index (χ0v) is 18.6. The molecule has 0 bridgehead atoms. The largest absolute Gasteiger partial charge is 0.493 e. The van der Waals surface area contributed by atoms with Gasteiger partial charge in [0.1, 0.15) is 0 Å². The van der Waals surface area contributed by atoms with Crippen LogP contribution in [0.1, 0.15) is 12.5 Å². The van der Waals surface area contributed by atoms with Gasteiger partial charge in [0.05, 0.1) is 50.3 Å². The molecule has 0 radical (unpaired) electrons. The van der Waals surface area contributed by atoms with Crippen LogP contribution in [0, 0.1) is 0 Å². The zero-order valence-electron chi connectivity index (χ0n) is 17.8. The third-order valence-electron chi connectivity index (χ3n) is 4.92. The topological polar surface area (TPSA) is 74.3 Å². The molecule has 8 heteroatoms. The molecule has 31 heavy (non-hydrogen) atoms. The lowest BCUT2D eigenvalue weighted by molar-refractivity contribution is -0.136. The number of ether oxygens (including phenoxy) is 4. The minimum atomic E-state index is -0.633. The van der Waals surface area contributed by atoms with Crippen LogP contribution in [-0.2, 0) is 14.3 Å². The number of amides is 1. The Morgan fingerprint density at radius 1 is 0.968 bits per heavy atom. The van der Waals surface area contributed by atoms with E-state index < -0.39 is 11.9 Å². The molecule has 0 aliphatic carbocycles. The van der Waals surface area contributed by atoms with Gasteiger partial charge in [0.15, 0.2) is 11.5 Å². The number of rotatable bonds is 6. The number of benzene rings is 2. The van der Waals surface area contributed by atoms with Gasteiger partial charge in [-0.05, 0) is 37.3 Å². The van der Waals surface area contributed by atoms with Gasteiger partial charge in [-0.15, -0.1) is 0 Å². The fraction of sp³-hybridized carbons (Fsp3) is 0.217. The van der Waals surface area contributed by atoms with Crippen molar-refractivity contribution in [2.45, 2.75) is 6.92 Å². The molecule has 7 nitrogen and oxygen atoms in total. The molecular formula is C23H22ClNO6. The molecule has 1 aliphatic heterocycles. The Hall–Kier alpha value is -3.45. The van der Waals surface area contributed by atoms with Gasteiger partial charge in [0.2, 0.25) is 5.75 Å². The lowest BCUT2D eigenvalue weighted by Gasteiger charge is -2.19. The lowest BCUT2D eigenvalue weighted by atomic mass is 10.0. The van der Waals surface area contributed by atoms with Gasteiger partial charge < -0.3 is 18.9 Å². The number of carbonyl (C=O) groups is 2. The summed E-state index contributed by atoms with van der Waals surface area (Å²) in [6.07, 6.45) is 1.57. The van der Waals surface area contributed by atoms with E-state index >= 15 is 0 Å². The van der Waals surface area contributed by atoms with Gasteiger partial charge in [-0.1, -0.05) is 23.7 Å². The minimum absolute atomic E-state index is 0.143. The minimum Gasteiger partial charge on any atom is -0.493 e. The summed E-state index contributed by atoms with van der Waals surface area (Å²) >= 11 is 6.32. The number of hydrogen-bond acceptors (Lipinski definition) is 6. The lowest BCUT2D eigenvalue weighted by Crippen LogP contribution is -2.24. The second-order valence-corrected chi connectivity index (χ2v) is 6.93. The third-order valence-corrected chi connectivity index (χ3v) is 5.24. The Bertz CT molecular complexity index is 1110. The fourth-order valence-corrected chi connectivity index (χ4v) is 3.72. The molecule has 1 amide bonds. The van der Waals surface area contributed by atoms with Crippen molar-refractivity contribution < 1.29 is 28.5 Å². The van der Waals surface area contributed by atoms with E-state index in [2.05, 4.69) is 0 Å². The van der Waals surface area contributed by atoms with E-state index in [4.69, 9.17) is 30.5 Å². The molecule has 2 aromatic carbocycles. The van der Waals surface area contributed by atoms with Gasteiger partial charge in [-0.25, -0.2) is 4.79 Å². The van der Waals surface area contributed by atoms with Crippen LogP contribution in [-0.4, -0.2) is 40.3 Å². The number of esters is 1. The Morgan fingerprint density at radius 2 is 1.65 bits per heavy atom. The Labute approximate surface area is 185 Å². The van der Waals surface area contributed by atoms with Crippen molar-refractivity contribution in [1.29, 1.82) is 0 Å². The Balaban J connectivity index is 2.23. The van der Waals surface area contributed by atoms with E-state index in [-0.39, 0.29) is 11.1 Å². The summed E-state index contributed by atoms with van der Waals surface area (Å²) in [4.78, 5) is 27.4. The second-order valence-electron chi connectivity index (χ2n) is 6.53. The molecule has 0 unspecified atom stereocenters. The summed E-state index contributed by atoms with van der Waals surface area (Å²) in [5.41, 5.74) is 1.70. The van der Waals surface area contributed by atoms with Gasteiger partial charge >= 0.3 is 5.97 Å². The summed E-state index contributed by atoms with van der Waals surface area (Å²) in [7, 11) is 5.74. The van der Waals surface area contributed by atoms with Crippen LogP contribution in [0.3, 0.4) is 0 Å². The predicted octanol–water partition coefficient (Wildman–Crippen LogP) is 4.24. The fourth-order valence-electron chi connectivity index (χ4n) is 3.50. The normalized spacial score (nSPS) is 14.8. The van der Waals surface area contributed by atoms with Crippen molar-refractivity contribution >= 4 is 35.2 Å². The van der Waals surface area contributed by atoms with Crippen LogP contribution < -0.4 is 19.1 Å². The van der Waals surface area contributed by atoms with Crippen molar-refractivity contribution in [2.24, 2.45) is 0 Å². The number of allylic oxidation sites excluding steroid dienone is 1. The maximum absolute atomic E-state index is 13.4. The van der Waals surface area contributed by atoms with Crippen molar-refractivity contribution in [3.05, 3.63) is 63.8 Å². The van der Waals surface area contributed by atoms with Gasteiger partial charge in [-0.3, -0.25) is 9.69 Å². The molecule has 1 heterocycles. The standard InChI is InChI=1S/C23H22ClNO6/c1-13-19(23(27)31-5)15(22(26)25(13)17-9-7-6-8-16(17)24)12-14-10-11-18(28-2)21(30-4)20(14)29-3/h6-12H,1-5H3/b15-12-. The number of carbonyl (C=O) groups excluding carboxylic acids is 2. The highest BCUT2D eigenvalue weighted by Gasteiger charge is 2.38. The van der Waals surface area contributed by atoms with E-state index in [1.165, 1.54) is 33.3 Å². The molecule has 0 fully saturated rings. The first kappa shape index (κ1) is 22.2. The Kier molecular flexibility index (Phi) is 6.56. The molecule has 0 saturated carbocycles. The maximum Gasteiger partial charge on any atom is 0.340 e. The molecule has 0 atom stereocenters. The second kappa shape index (κ2) is 9.14. The van der Waals surface area contributed by atoms with Crippen molar-refractivity contribution in [2.75, 3.05) is 33.3 Å². The van der Waals surface area contributed by atoms with Crippen LogP contribution in [0.5, 0.6) is 17.2 Å². The summed E-state index contributed by atoms with van der Waals surface area (Å²) < 4.78 is 21.2. The monoisotopic (exact) mass is 443 g/mol. The van der Waals surface area contributed by atoms with Gasteiger partial charge in [-0.2, -0.15) is 0 Å². The Morgan fingerprint density at radius 3 is 2.23 bits per heavy atom. The summed E-state index contributed by atoms with van der Waals surface area (Å²) in [5, 5.41) is 0.379. The first-order valence-electron chi connectivity index (χ1n) is 9.28. The molecule has 0 spiro atoms. The number of halogens is 1. The molecule has 0 aromatic heterocycles. The van der Waals surface area contributed by atoms with Crippen LogP contribution >= 0.6 is 11.6 Å². The SMILES string of the molecule is COC(=O)C1=C(C)N(c2ccccc2Cl)C(=O)/C1=C\c1ccc(OC)c(OC)c1OC. The first-order chi connectivity index (χ1) is 14.9. The number of hydrogen-bond donors (Lipinski definition) is 0. The van der Waals surface area contributed by atoms with Crippen LogP contribution in [0.15, 0.2) is 53.2 Å². The van der Waals surface area contributed by atoms with Gasteiger partial charge in [0.25, 0.3) is 5.91 Å². The molecule has 162 valence electrons. The smallest absolute Gasteiger partial charge is 0.340 e. The highest BCUT2D eigenvalue weighted by atomic mass is 35.5. The quantitative estimate of drug-likeness (QED) is 0.491. The molecule has 1 aliphatic rings. The molecule has 2 aromatic rings. The van der Waals surface area contributed by atoms with Crippen molar-refractivity contribution in [1.82, 2.24) is 0 Å². The molecule has 0 N–H and O–H groups in total. The van der Waals surface area contributed by atoms with E-state index in [9.17, 15) is 9.59 Å². The van der Waals surface area contributed by atoms with E-state index in [1.807, 2.05) is 0 Å². The summed E-state index contributed by atoms with van der Waals surface area (Å²) in [6.45, 7) is 1.67. The average Bonchev–Trinajstić information content (AvgIpc) is 3.02. The van der Waals surface area contributed by atoms with Crippen LogP contribution in [0.25, 0.3) is 6.08 Å². The highest BCUT2D eigenvalue weighted by Crippen LogP contribution is 2.43. The van der Waals surface area contributed by atoms with E-state index in [0.29, 0.717) is 39.2 Å². The van der Waals surface area contributed by atoms with Gasteiger partial charge in [0, 0.05) is 11.3 Å². The number of para-hydroxylation sites is 1. The van der Waals surface area contributed by atoms with Crippen LogP contribution in [0.2, 0.25) is 5.02 Å². The number of anilines is 1. The van der Waals surface area contributed by atoms with E-state index in [1.54, 1.807) is 49.4 Å². The highest BCUT2D eigenvalue weighted by molar-refractivity contribution is 6.35. The molecule has 3 rings (SSSR count). The van der Waals surface area contributed by atoms with Crippen molar-refractivity contribution in [3.63, 3.8) is 0 Å². The third kappa shape index (κ3) is 3.84. The predicted molar refractivity (Wildman–Crippen MR) is 118 cm³/mol. The summed E-state index contributed by atoms with van der Waals surface area (Å²) in [5.74, 6) is 0.152. The maximum atomic E-state index is 13.4. The molecule has 0 saturated heterocycles. The molecular weight excluding hydrogens is 422 g/mol. The first-order valence-corrected chi connectivity index (χ1v) is 9.66.